The number of aldehydes is 1. The lowest BCUT2D eigenvalue weighted by Crippen LogP contribution is -2.55. The number of halogens is 1. The average molecular weight is 592 g/mol. The summed E-state index contributed by atoms with van der Waals surface area (Å²) in [6.45, 7) is 15.2. The largest absolute Gasteiger partial charge is 0.488 e. The van der Waals surface area contributed by atoms with Crippen molar-refractivity contribution in [3.63, 3.8) is 0 Å². The minimum atomic E-state index is -2.86. The molecule has 0 aromatic heterocycles. The molecule has 2 aliphatic heterocycles. The number of hydrogen-bond acceptors (Lipinski definition) is 8. The number of nitrogens with one attached hydrogen (secondary N) is 1. The molecular weight excluding hydrogens is 545 g/mol. The minimum Gasteiger partial charge on any atom is -0.488 e. The Morgan fingerprint density at radius 3 is 2.31 bits per heavy atom. The minimum absolute atomic E-state index is 0.0392. The Labute approximate surface area is 248 Å². The molecule has 4 rings (SSSR count). The third-order valence-corrected chi connectivity index (χ3v) is 6.46. The van der Waals surface area contributed by atoms with Gasteiger partial charge in [-0.2, -0.15) is 0 Å². The molecule has 1 saturated heterocycles. The molecule has 0 saturated carbocycles. The van der Waals surface area contributed by atoms with E-state index in [0.29, 0.717) is 11.2 Å². The zero-order chi connectivity index (χ0) is 31.7. The van der Waals surface area contributed by atoms with Gasteiger partial charge >= 0.3 is 0 Å². The van der Waals surface area contributed by atoms with Crippen molar-refractivity contribution in [1.82, 2.24) is 15.1 Å². The second-order valence-electron chi connectivity index (χ2n) is 8.79. The van der Waals surface area contributed by atoms with Gasteiger partial charge in [0.15, 0.2) is 0 Å². The number of carbonyl (C=O) groups is 3. The first kappa shape index (κ1) is 36.6. The molecule has 234 valence electrons. The molecule has 2 aliphatic rings. The van der Waals surface area contributed by atoms with Crippen LogP contribution in [0.4, 0.5) is 4.39 Å². The van der Waals surface area contributed by atoms with Crippen LogP contribution in [0.25, 0.3) is 0 Å². The number of morpholine rings is 1. The number of amides is 2. The van der Waals surface area contributed by atoms with Crippen LogP contribution < -0.4 is 10.1 Å². The van der Waals surface area contributed by atoms with Gasteiger partial charge in [-0.1, -0.05) is 58.9 Å². The molecule has 0 bridgehead atoms. The van der Waals surface area contributed by atoms with E-state index in [1.165, 1.54) is 50.0 Å². The van der Waals surface area contributed by atoms with Crippen molar-refractivity contribution < 1.29 is 38.5 Å². The Bertz CT molecular complexity index is 1120. The molecule has 2 aromatic carbocycles. The number of nitrogens with zero attached hydrogens (tertiary/aromatic N) is 2. The predicted molar refractivity (Wildman–Crippen MR) is 158 cm³/mol. The molecule has 1 fully saturated rings. The summed E-state index contributed by atoms with van der Waals surface area (Å²) in [4.78, 5) is 39.0. The van der Waals surface area contributed by atoms with E-state index >= 15 is 0 Å². The summed E-state index contributed by atoms with van der Waals surface area (Å²) in [7, 11) is 1.34. The van der Waals surface area contributed by atoms with Crippen LogP contribution in [0.3, 0.4) is 0 Å². The number of rotatable bonds is 9. The predicted octanol–water partition coefficient (Wildman–Crippen LogP) is 3.44. The molecule has 1 unspecified atom stereocenters. The van der Waals surface area contributed by atoms with Crippen LogP contribution in [-0.2, 0) is 26.8 Å². The molecule has 0 aliphatic carbocycles. The zero-order valence-electron chi connectivity index (χ0n) is 25.6. The van der Waals surface area contributed by atoms with Crippen LogP contribution in [0.5, 0.6) is 5.75 Å². The number of fused-ring (bicyclic) bond motifs is 1. The summed E-state index contributed by atoms with van der Waals surface area (Å²) >= 11 is 0. The highest BCUT2D eigenvalue weighted by Gasteiger charge is 2.54. The van der Waals surface area contributed by atoms with E-state index in [0.717, 1.165) is 26.3 Å². The molecule has 0 spiro atoms. The van der Waals surface area contributed by atoms with E-state index in [2.05, 4.69) is 17.1 Å². The molecule has 0 radical (unpaired) electrons. The molecule has 2 heterocycles. The summed E-state index contributed by atoms with van der Waals surface area (Å²) in [6.07, 6.45) is 0.408. The highest BCUT2D eigenvalue weighted by atomic mass is 19.1. The molecular formula is C31H46FN3O7. The quantitative estimate of drug-likeness (QED) is 0.299. The fourth-order valence-corrected chi connectivity index (χ4v) is 4.38. The third kappa shape index (κ3) is 9.32. The Hall–Kier alpha value is -3.38. The maximum atomic E-state index is 13.9. The lowest BCUT2D eigenvalue weighted by atomic mass is 10.1. The molecule has 10 nitrogen and oxygen atoms in total. The van der Waals surface area contributed by atoms with E-state index in [4.69, 9.17) is 9.47 Å². The smallest absolute Gasteiger partial charge is 0.282 e. The lowest BCUT2D eigenvalue weighted by Gasteiger charge is -2.34. The van der Waals surface area contributed by atoms with Gasteiger partial charge in [-0.15, -0.1) is 0 Å². The number of aliphatic hydroxyl groups is 2. The van der Waals surface area contributed by atoms with Gasteiger partial charge in [-0.25, -0.2) is 4.39 Å². The van der Waals surface area contributed by atoms with Gasteiger partial charge in [0.1, 0.15) is 30.5 Å². The van der Waals surface area contributed by atoms with Crippen molar-refractivity contribution in [1.29, 1.82) is 0 Å². The average Bonchev–Trinajstić information content (AvgIpc) is 3.24. The zero-order valence-corrected chi connectivity index (χ0v) is 25.6. The van der Waals surface area contributed by atoms with Crippen molar-refractivity contribution in [3.8, 4) is 5.75 Å². The van der Waals surface area contributed by atoms with Crippen LogP contribution >= 0.6 is 0 Å². The summed E-state index contributed by atoms with van der Waals surface area (Å²) in [5.74, 6) is -4.85. The topological polar surface area (TPSA) is 129 Å². The van der Waals surface area contributed by atoms with E-state index in [9.17, 15) is 29.0 Å². The lowest BCUT2D eigenvalue weighted by molar-refractivity contribution is -0.259. The van der Waals surface area contributed by atoms with Gasteiger partial charge in [0.2, 0.25) is 5.91 Å². The van der Waals surface area contributed by atoms with Crippen molar-refractivity contribution in [2.75, 3.05) is 39.9 Å². The van der Waals surface area contributed by atoms with Crippen molar-refractivity contribution >= 4 is 18.1 Å². The number of ether oxygens (including phenoxy) is 2. The Morgan fingerprint density at radius 1 is 1.12 bits per heavy atom. The number of likely N-dealkylation sites (N-methyl/N-ethyl adjacent to an activating group) is 2. The Morgan fingerprint density at radius 2 is 1.76 bits per heavy atom. The standard InChI is InChI=1S/C21H21FN2O6.C6H13NO.2C2H6/c1-23-19(26)16(9-5-11-25)24-20(27)14-7-4-10-17(18(14)21(24,28)29)30-12-13-6-2-3-8-15(13)22;1-2-7-3-5-8-6-4-7;2*1-2/h2-4,6-8,10-11,16,28-29H,5,9,12H2,1H3,(H,23,26);2-6H2,1H3;2*1-2H3. The van der Waals surface area contributed by atoms with E-state index < -0.39 is 29.6 Å². The van der Waals surface area contributed by atoms with Crippen molar-refractivity contribution in [2.45, 2.75) is 66.0 Å². The molecule has 2 aromatic rings. The van der Waals surface area contributed by atoms with Gasteiger partial charge in [0, 0.05) is 32.1 Å². The molecule has 11 heteroatoms. The fourth-order valence-electron chi connectivity index (χ4n) is 4.38. The van der Waals surface area contributed by atoms with Gasteiger partial charge < -0.3 is 29.8 Å². The van der Waals surface area contributed by atoms with Crippen LogP contribution in [0.1, 0.15) is 68.9 Å². The second kappa shape index (κ2) is 18.9. The number of hydrogen-bond donors (Lipinski definition) is 3. The summed E-state index contributed by atoms with van der Waals surface area (Å²) < 4.78 is 24.6. The highest BCUT2D eigenvalue weighted by molar-refractivity contribution is 6.02. The number of carbonyl (C=O) groups excluding carboxylic acids is 3. The Kier molecular flexibility index (Phi) is 16.5. The summed E-state index contributed by atoms with van der Waals surface area (Å²) in [6, 6.07) is 8.91. The molecule has 1 atom stereocenters. The van der Waals surface area contributed by atoms with Gasteiger partial charge in [0.05, 0.1) is 24.3 Å². The summed E-state index contributed by atoms with van der Waals surface area (Å²) in [5, 5.41) is 24.1. The monoisotopic (exact) mass is 591 g/mol. The highest BCUT2D eigenvalue weighted by Crippen LogP contribution is 2.43. The third-order valence-electron chi connectivity index (χ3n) is 6.46. The first-order valence-corrected chi connectivity index (χ1v) is 14.5. The number of benzene rings is 2. The first-order chi connectivity index (χ1) is 20.3. The fraction of sp³-hybridized carbons (Fsp3) is 0.516. The van der Waals surface area contributed by atoms with E-state index in [1.54, 1.807) is 6.07 Å². The molecule has 42 heavy (non-hydrogen) atoms. The van der Waals surface area contributed by atoms with Crippen LogP contribution in [-0.4, -0.2) is 84.1 Å². The summed E-state index contributed by atoms with van der Waals surface area (Å²) in [5.41, 5.74) is -0.0654. The SMILES string of the molecule is CC.CC.CCN1CCOCC1.CNC(=O)C(CCC=O)N1C(=O)c2cccc(OCc3ccccc3F)c2C1(O)O. The van der Waals surface area contributed by atoms with E-state index in [-0.39, 0.29) is 41.9 Å². The Balaban J connectivity index is 0.000000620. The van der Waals surface area contributed by atoms with Gasteiger partial charge in [-0.3, -0.25) is 19.4 Å². The maximum Gasteiger partial charge on any atom is 0.282 e. The van der Waals surface area contributed by atoms with Crippen LogP contribution in [0, 0.1) is 5.82 Å². The maximum absolute atomic E-state index is 13.9. The van der Waals surface area contributed by atoms with Gasteiger partial charge in [-0.05, 0) is 31.2 Å². The van der Waals surface area contributed by atoms with Gasteiger partial charge in [0.25, 0.3) is 11.8 Å². The normalized spacial score (nSPS) is 15.8. The van der Waals surface area contributed by atoms with Crippen molar-refractivity contribution in [2.24, 2.45) is 0 Å². The van der Waals surface area contributed by atoms with Crippen LogP contribution in [0.2, 0.25) is 0 Å². The first-order valence-electron chi connectivity index (χ1n) is 14.5. The van der Waals surface area contributed by atoms with Crippen LogP contribution in [0.15, 0.2) is 42.5 Å². The van der Waals surface area contributed by atoms with Crippen molar-refractivity contribution in [3.05, 3.63) is 65.0 Å². The van der Waals surface area contributed by atoms with E-state index in [1.807, 2.05) is 27.7 Å². The molecule has 3 N–H and O–H groups in total. The molecule has 2 amide bonds. The second-order valence-corrected chi connectivity index (χ2v) is 8.79.